The predicted octanol–water partition coefficient (Wildman–Crippen LogP) is 18.2. The summed E-state index contributed by atoms with van der Waals surface area (Å²) in [6.45, 7) is 16.8. The molecule has 1 aliphatic carbocycles. The molecule has 16 aromatic rings. The van der Waals surface area contributed by atoms with Gasteiger partial charge in [0.1, 0.15) is 19.0 Å². The number of benzene rings is 14. The number of rotatable bonds is 18. The molecule has 19 rings (SSSR count). The van der Waals surface area contributed by atoms with E-state index in [0.29, 0.717) is 101 Å². The summed E-state index contributed by atoms with van der Waals surface area (Å²) in [6, 6.07) is 149. The lowest BCUT2D eigenvalue weighted by molar-refractivity contribution is -0.328. The van der Waals surface area contributed by atoms with Crippen molar-refractivity contribution in [2.24, 2.45) is 0 Å². The number of nitrogens with one attached hydrogen (secondary N) is 1. The van der Waals surface area contributed by atoms with Crippen LogP contribution in [0.4, 0.5) is 0 Å². The molecule has 0 bridgehead atoms. The van der Waals surface area contributed by atoms with Crippen molar-refractivity contribution in [2.45, 2.75) is 97.8 Å². The second-order valence-electron chi connectivity index (χ2n) is 32.7. The topological polar surface area (TPSA) is 233 Å². The average molecular weight is 2130 g/mol. The third-order valence-electron chi connectivity index (χ3n) is 21.9. The van der Waals surface area contributed by atoms with Crippen LogP contribution in [0.1, 0.15) is 60.2 Å². The lowest BCUT2D eigenvalue weighted by Gasteiger charge is -2.28. The molecule has 4 heterocycles. The first kappa shape index (κ1) is 114. The SMILES string of the molecule is CCC(C)(C)c1ccc([IH+])cc1.CN1CCN(C)CC1.COc1ccc2c(c1)OCCOCCOCCOCCOCCO2.O=C([O-])C1=CC=CC1.O=C([O-])c1ccccn1.O=C([O-])c1ccn[nH]1.c1ccc([S+](c2ccccc2)c2ccccc2)cc1.c1ccc([S+](c2ccccc2)c2ccccc2)cc1.c1ccc([S+](c2ccccc2)c2ccccc2)cc1.c1ccc([S+](c2ccccc2)c2ccccc2)cc1. The van der Waals surface area contributed by atoms with E-state index in [9.17, 15) is 29.7 Å². The summed E-state index contributed by atoms with van der Waals surface area (Å²) in [5, 5.41) is 35.5. The number of H-pyrrole nitrogens is 1. The second kappa shape index (κ2) is 66.5. The molecule has 1 N–H and O–H groups in total. The number of carbonyl (C=O) groups excluding carboxylic acids is 3. The highest BCUT2D eigenvalue weighted by atomic mass is 127. The van der Waals surface area contributed by atoms with Crippen molar-refractivity contribution in [1.29, 1.82) is 0 Å². The molecule has 0 amide bonds. The van der Waals surface area contributed by atoms with Crippen LogP contribution < -0.4 is 52.1 Å². The normalized spacial score (nSPS) is 13.1. The van der Waals surface area contributed by atoms with Gasteiger partial charge in [-0.15, -0.1) is 0 Å². The number of allylic oxidation sites excluding steroid dienone is 3. The first-order valence-electron chi connectivity index (χ1n) is 47.8. The quantitative estimate of drug-likeness (QED) is 0.0621. The van der Waals surface area contributed by atoms with Crippen molar-refractivity contribution in [3.05, 3.63) is 487 Å². The number of pyridine rings is 1. The van der Waals surface area contributed by atoms with E-state index < -0.39 is 17.9 Å². The van der Waals surface area contributed by atoms with Gasteiger partial charge in [-0.25, -0.2) is 0 Å². The molecule has 0 spiro atoms. The van der Waals surface area contributed by atoms with Crippen LogP contribution in [0.15, 0.2) is 526 Å². The van der Waals surface area contributed by atoms with Gasteiger partial charge in [-0.3, -0.25) is 10.1 Å². The number of carboxylic acids is 3. The molecule has 18 nitrogen and oxygen atoms in total. The van der Waals surface area contributed by atoms with E-state index in [2.05, 4.69) is 471 Å². The minimum absolute atomic E-state index is 0.00463. The molecule has 748 valence electrons. The van der Waals surface area contributed by atoms with Crippen molar-refractivity contribution in [3.63, 3.8) is 0 Å². The minimum atomic E-state index is -1.24. The van der Waals surface area contributed by atoms with E-state index in [0.717, 1.165) is 0 Å². The van der Waals surface area contributed by atoms with E-state index in [1.807, 2.05) is 12.1 Å². The Bertz CT molecular complexity index is 5390. The highest BCUT2D eigenvalue weighted by Crippen LogP contribution is 2.37. The largest absolute Gasteiger partial charge is 0.545 e. The number of fused-ring (bicyclic) bond motifs is 1. The lowest BCUT2D eigenvalue weighted by atomic mass is 9.82. The van der Waals surface area contributed by atoms with E-state index in [-0.39, 0.29) is 55.0 Å². The summed E-state index contributed by atoms with van der Waals surface area (Å²) in [4.78, 5) is 54.5. The molecular formula is C122H128IN5O13S4+2. The molecule has 0 radical (unpaired) electrons. The van der Waals surface area contributed by atoms with Gasteiger partial charge in [-0.2, -0.15) is 5.10 Å². The van der Waals surface area contributed by atoms with Crippen LogP contribution in [-0.4, -0.2) is 156 Å². The van der Waals surface area contributed by atoms with Crippen LogP contribution in [0.25, 0.3) is 0 Å². The number of nitrogens with zero attached hydrogens (tertiary/aromatic N) is 4. The summed E-state index contributed by atoms with van der Waals surface area (Å²) in [5.41, 5.74) is 2.11. The van der Waals surface area contributed by atoms with Gasteiger partial charge in [0.05, 0.1) is 133 Å². The smallest absolute Gasteiger partial charge is 0.296 e. The van der Waals surface area contributed by atoms with Crippen LogP contribution in [0.2, 0.25) is 0 Å². The second-order valence-corrected chi connectivity index (χ2v) is 42.1. The predicted molar refractivity (Wildman–Crippen MR) is 576 cm³/mol. The summed E-state index contributed by atoms with van der Waals surface area (Å²) < 4.78 is 39.8. The Kier molecular flexibility index (Phi) is 52.1. The maximum atomic E-state index is 10.0. The monoisotopic (exact) mass is 2130 g/mol. The molecule has 23 heteroatoms. The maximum Gasteiger partial charge on any atom is 0.296 e. The van der Waals surface area contributed by atoms with Crippen molar-refractivity contribution >= 4 is 61.5 Å². The Morgan fingerprint density at radius 1 is 0.359 bits per heavy atom. The molecule has 0 saturated carbocycles. The Labute approximate surface area is 880 Å². The van der Waals surface area contributed by atoms with E-state index in [1.54, 1.807) is 43.5 Å². The van der Waals surface area contributed by atoms with Crippen molar-refractivity contribution < 1.29 is 85.5 Å². The Morgan fingerprint density at radius 3 is 0.862 bits per heavy atom. The average Bonchev–Trinajstić information content (AvgIpc) is 0.971. The number of ether oxygens (including phenoxy) is 7. The van der Waals surface area contributed by atoms with E-state index in [1.165, 1.54) is 125 Å². The maximum absolute atomic E-state index is 10.0. The molecular weight excluding hydrogens is 2000 g/mol. The van der Waals surface area contributed by atoms with Crippen molar-refractivity contribution in [3.8, 4) is 17.2 Å². The number of aromatic carboxylic acids is 2. The van der Waals surface area contributed by atoms with Crippen molar-refractivity contribution in [1.82, 2.24) is 25.0 Å². The summed E-state index contributed by atoms with van der Waals surface area (Å²) in [7, 11) is 5.90. The number of carboxylic acid groups (broad SMARTS) is 3. The molecule has 3 aliphatic rings. The Morgan fingerprint density at radius 2 is 0.648 bits per heavy atom. The highest BCUT2D eigenvalue weighted by molar-refractivity contribution is 7.98. The zero-order chi connectivity index (χ0) is 102. The number of likely N-dealkylation sites (N-methyl/N-ethyl adjacent to an activating group) is 2. The van der Waals surface area contributed by atoms with Gasteiger partial charge < -0.3 is 72.7 Å². The zero-order valence-corrected chi connectivity index (χ0v) is 88.4. The summed E-state index contributed by atoms with van der Waals surface area (Å²) in [6.07, 6.45) is 9.51. The van der Waals surface area contributed by atoms with Crippen molar-refractivity contribution in [2.75, 3.05) is 113 Å². The fourth-order valence-corrected chi connectivity index (χ4v) is 22.6. The number of hydrogen-bond acceptors (Lipinski definition) is 17. The Hall–Kier alpha value is -13.4. The highest BCUT2D eigenvalue weighted by Gasteiger charge is 2.32. The minimum Gasteiger partial charge on any atom is -0.545 e. The fourth-order valence-electron chi connectivity index (χ4n) is 13.8. The van der Waals surface area contributed by atoms with Gasteiger partial charge in [0.25, 0.3) is 22.6 Å². The molecule has 1 fully saturated rings. The van der Waals surface area contributed by atoms with Crippen LogP contribution in [0.5, 0.6) is 17.2 Å². The molecule has 2 aromatic heterocycles. The standard InChI is InChI=1S/4C18H15S.C17H26O7.C11H16I.C6H14N2.C6H5NO2.C6H6O2.C4H4N2O2/c4*1-4-10-16(11-5-1)19(17-12-6-2-7-13-17)18-14-8-3-9-15-18;1-18-15-2-3-16-17(14-15)24-13-11-22-9-7-20-5-4-19-6-8-21-10-12-23-16;1-4-11(2,3)9-5-7-10(12)8-6-9;1-7-3-5-8(2)6-4-7;8-6(9)5-3-1-2-4-7-5;7-6(8)5-3-1-2-4-5;7-4(8)3-1-2-5-6-3/h4*1-15H;2-3,14H,4-13H2,1H3;5-8,12H,4H2,1-3H3;3-6H2,1-2H3;1-4H,(H,8,9);1-3H,4H2,(H,7,8);1-2H,(H,5,6)(H,7,8)/q4*+1;;+1;;;;/p-3. The van der Waals surface area contributed by atoms with Crippen LogP contribution >= 0.6 is 0 Å². The molecule has 1 saturated heterocycles. The van der Waals surface area contributed by atoms with Gasteiger partial charge in [0, 0.05) is 44.6 Å². The molecule has 0 unspecified atom stereocenters. The number of hydrogen-bond donors (Lipinski definition) is 1. The third kappa shape index (κ3) is 41.7. The molecule has 2 aliphatic heterocycles. The van der Waals surface area contributed by atoms with E-state index >= 15 is 0 Å². The zero-order valence-electron chi connectivity index (χ0n) is 82.8. The number of aromatic nitrogens is 3. The first-order chi connectivity index (χ1) is 71.0. The molecule has 145 heavy (non-hydrogen) atoms. The fraction of sp³-hybridized carbons (Fsp3) is 0.189. The van der Waals surface area contributed by atoms with Crippen LogP contribution in [-0.2, 0) is 72.7 Å². The van der Waals surface area contributed by atoms with Crippen LogP contribution in [0.3, 0.4) is 0 Å². The number of aliphatic carboxylic acids is 1. The summed E-state index contributed by atoms with van der Waals surface area (Å²) >= 11 is 2.06. The lowest BCUT2D eigenvalue weighted by Crippen LogP contribution is -3.34. The van der Waals surface area contributed by atoms with Crippen LogP contribution in [0, 0.1) is 3.57 Å². The Balaban J connectivity index is 0.000000169. The van der Waals surface area contributed by atoms with Gasteiger partial charge in [0.2, 0.25) is 0 Å². The first-order valence-corrected chi connectivity index (χ1v) is 53.9. The number of aromatic amines is 1. The van der Waals surface area contributed by atoms with E-state index in [4.69, 9.17) is 33.2 Å². The number of piperazine rings is 1. The van der Waals surface area contributed by atoms with Gasteiger partial charge in [0.15, 0.2) is 73.8 Å². The number of methoxy groups -OCH3 is 1. The number of carbonyl (C=O) groups is 3. The van der Waals surface area contributed by atoms with Gasteiger partial charge >= 0.3 is 0 Å². The summed E-state index contributed by atoms with van der Waals surface area (Å²) in [5.74, 6) is -1.55. The van der Waals surface area contributed by atoms with Gasteiger partial charge in [-0.1, -0.05) is 276 Å². The molecule has 0 atom stereocenters. The number of halogens is 1. The third-order valence-corrected chi connectivity index (χ3v) is 31.6. The molecule has 14 aromatic carbocycles. The van der Waals surface area contributed by atoms with Gasteiger partial charge in [-0.05, 0) is 232 Å².